The van der Waals surface area contributed by atoms with E-state index in [9.17, 15) is 23.1 Å². The first kappa shape index (κ1) is 21.6. The van der Waals surface area contributed by atoms with Gasteiger partial charge in [0.2, 0.25) is 0 Å². The van der Waals surface area contributed by atoms with Crippen LogP contribution in [0.2, 0.25) is 0 Å². The number of para-hydroxylation sites is 1. The van der Waals surface area contributed by atoms with Crippen LogP contribution in [-0.4, -0.2) is 28.9 Å². The Hall–Kier alpha value is -3.65. The second kappa shape index (κ2) is 8.47. The van der Waals surface area contributed by atoms with Gasteiger partial charge in [-0.1, -0.05) is 36.4 Å². The third kappa shape index (κ3) is 4.50. The molecule has 32 heavy (non-hydrogen) atoms. The number of phenols is 1. The minimum atomic E-state index is -3.27. The van der Waals surface area contributed by atoms with Crippen LogP contribution in [0.1, 0.15) is 11.1 Å². The fraction of sp³-hybridized carbons (Fsp3) is 0.167. The molecule has 0 amide bonds. The van der Waals surface area contributed by atoms with Crippen molar-refractivity contribution >= 4 is 20.7 Å². The first-order valence-corrected chi connectivity index (χ1v) is 12.1. The molecule has 8 heteroatoms. The molecule has 1 heterocycles. The van der Waals surface area contributed by atoms with E-state index in [0.717, 1.165) is 16.4 Å². The lowest BCUT2D eigenvalue weighted by Crippen LogP contribution is -2.39. The van der Waals surface area contributed by atoms with Gasteiger partial charge in [-0.3, -0.25) is 9.36 Å². The van der Waals surface area contributed by atoms with Crippen LogP contribution < -0.4 is 11.2 Å². The Morgan fingerprint density at radius 1 is 0.875 bits per heavy atom. The molecule has 4 aromatic rings. The molecule has 1 N–H and O–H groups in total. The smallest absolute Gasteiger partial charge is 0.336 e. The van der Waals surface area contributed by atoms with Gasteiger partial charge in [-0.25, -0.2) is 17.8 Å². The van der Waals surface area contributed by atoms with Crippen molar-refractivity contribution in [2.75, 3.05) is 6.26 Å². The van der Waals surface area contributed by atoms with Gasteiger partial charge in [-0.15, -0.1) is 0 Å². The van der Waals surface area contributed by atoms with Crippen molar-refractivity contribution in [2.45, 2.75) is 18.7 Å². The Morgan fingerprint density at radius 3 is 2.31 bits per heavy atom. The Morgan fingerprint density at radius 2 is 1.59 bits per heavy atom. The number of fused-ring (bicyclic) bond motifs is 1. The Labute approximate surface area is 184 Å². The van der Waals surface area contributed by atoms with Crippen LogP contribution in [0.15, 0.2) is 82.4 Å². The highest BCUT2D eigenvalue weighted by atomic mass is 32.2. The maximum atomic E-state index is 13.4. The first-order valence-electron chi connectivity index (χ1n) is 10.0. The van der Waals surface area contributed by atoms with E-state index in [4.69, 9.17) is 0 Å². The molecule has 0 unspecified atom stereocenters. The third-order valence-corrected chi connectivity index (χ3v) is 6.07. The minimum absolute atomic E-state index is 0.166. The molecule has 4 rings (SSSR count). The number of hydrogen-bond donors (Lipinski definition) is 1. The quantitative estimate of drug-likeness (QED) is 0.487. The summed E-state index contributed by atoms with van der Waals surface area (Å²) >= 11 is 0. The molecular formula is C24H22N2O5S. The third-order valence-electron chi connectivity index (χ3n) is 5.21. The summed E-state index contributed by atoms with van der Waals surface area (Å²) < 4.78 is 26.0. The topological polar surface area (TPSA) is 98.4 Å². The number of benzene rings is 3. The lowest BCUT2D eigenvalue weighted by Gasteiger charge is -2.15. The van der Waals surface area contributed by atoms with Crippen molar-refractivity contribution in [2.24, 2.45) is 0 Å². The molecule has 0 fully saturated rings. The lowest BCUT2D eigenvalue weighted by atomic mass is 10.1. The average Bonchev–Trinajstić information content (AvgIpc) is 2.74. The average molecular weight is 451 g/mol. The van der Waals surface area contributed by atoms with Gasteiger partial charge >= 0.3 is 5.69 Å². The largest absolute Gasteiger partial charge is 0.508 e. The van der Waals surface area contributed by atoms with Crippen LogP contribution in [-0.2, 0) is 28.6 Å². The summed E-state index contributed by atoms with van der Waals surface area (Å²) in [6.45, 7) is 0.327. The summed E-state index contributed by atoms with van der Waals surface area (Å²) in [5.74, 6) is -0.0167. The molecule has 0 aliphatic rings. The molecule has 0 atom stereocenters. The predicted octanol–water partition coefficient (Wildman–Crippen LogP) is 2.65. The molecule has 7 nitrogen and oxygen atoms in total. The molecule has 1 aromatic heterocycles. The zero-order valence-electron chi connectivity index (χ0n) is 17.4. The normalized spacial score (nSPS) is 11.7. The Kier molecular flexibility index (Phi) is 5.71. The second-order valence-electron chi connectivity index (χ2n) is 7.75. The molecule has 0 radical (unpaired) electrons. The molecule has 164 valence electrons. The molecule has 0 bridgehead atoms. The summed E-state index contributed by atoms with van der Waals surface area (Å²) in [4.78, 5) is 26.7. The van der Waals surface area contributed by atoms with Crippen molar-refractivity contribution in [3.05, 3.63) is 105 Å². The van der Waals surface area contributed by atoms with Gasteiger partial charge in [0.25, 0.3) is 5.56 Å². The molecule has 0 aliphatic carbocycles. The number of aryl methyl sites for hydroxylation is 2. The van der Waals surface area contributed by atoms with Gasteiger partial charge < -0.3 is 5.11 Å². The first-order chi connectivity index (χ1) is 15.2. The van der Waals surface area contributed by atoms with Gasteiger partial charge in [0.05, 0.1) is 22.3 Å². The summed E-state index contributed by atoms with van der Waals surface area (Å²) in [5.41, 5.74) is 1.34. The van der Waals surface area contributed by atoms with E-state index in [-0.39, 0.29) is 11.5 Å². The molecule has 0 saturated heterocycles. The standard InChI is InChI=1S/C24H22N2O5S/c1-32(30,31)16-18-5-4-6-19(15-18)26-23(28)21-7-2-3-8-22(21)25(24(26)29)14-13-17-9-11-20(27)12-10-17/h2-12,15,27H,13-14,16H2,1H3. The van der Waals surface area contributed by atoms with Crippen molar-refractivity contribution < 1.29 is 13.5 Å². The summed E-state index contributed by atoms with van der Waals surface area (Å²) in [7, 11) is -3.27. The van der Waals surface area contributed by atoms with Crippen LogP contribution in [0.4, 0.5) is 0 Å². The van der Waals surface area contributed by atoms with E-state index < -0.39 is 21.1 Å². The van der Waals surface area contributed by atoms with Gasteiger partial charge in [-0.05, 0) is 53.9 Å². The van der Waals surface area contributed by atoms with Crippen LogP contribution in [0, 0.1) is 0 Å². The lowest BCUT2D eigenvalue weighted by molar-refractivity contribution is 0.475. The summed E-state index contributed by atoms with van der Waals surface area (Å²) in [6.07, 6.45) is 1.66. The van der Waals surface area contributed by atoms with E-state index >= 15 is 0 Å². The predicted molar refractivity (Wildman–Crippen MR) is 124 cm³/mol. The molecule has 0 aliphatic heterocycles. The van der Waals surface area contributed by atoms with E-state index in [2.05, 4.69) is 0 Å². The monoisotopic (exact) mass is 450 g/mol. The molecular weight excluding hydrogens is 428 g/mol. The van der Waals surface area contributed by atoms with Crippen molar-refractivity contribution in [3.63, 3.8) is 0 Å². The summed E-state index contributed by atoms with van der Waals surface area (Å²) in [6, 6.07) is 20.1. The number of rotatable bonds is 6. The highest BCUT2D eigenvalue weighted by molar-refractivity contribution is 7.89. The van der Waals surface area contributed by atoms with E-state index in [1.807, 2.05) is 0 Å². The molecule has 0 saturated carbocycles. The minimum Gasteiger partial charge on any atom is -0.508 e. The van der Waals surface area contributed by atoms with E-state index in [1.165, 1.54) is 0 Å². The van der Waals surface area contributed by atoms with Gasteiger partial charge in [0.15, 0.2) is 9.84 Å². The zero-order valence-corrected chi connectivity index (χ0v) is 18.2. The fourth-order valence-corrected chi connectivity index (χ4v) is 4.54. The number of aromatic hydroxyl groups is 1. The zero-order chi connectivity index (χ0) is 22.9. The maximum absolute atomic E-state index is 13.4. The van der Waals surface area contributed by atoms with Crippen molar-refractivity contribution in [3.8, 4) is 11.4 Å². The highest BCUT2D eigenvalue weighted by Gasteiger charge is 2.15. The Bertz CT molecular complexity index is 1520. The number of nitrogens with zero attached hydrogens (tertiary/aromatic N) is 2. The number of phenolic OH excluding ortho intramolecular Hbond substituents is 1. The van der Waals surface area contributed by atoms with Gasteiger partial charge in [0, 0.05) is 12.8 Å². The second-order valence-corrected chi connectivity index (χ2v) is 9.89. The highest BCUT2D eigenvalue weighted by Crippen LogP contribution is 2.15. The van der Waals surface area contributed by atoms with Crippen LogP contribution >= 0.6 is 0 Å². The fourth-order valence-electron chi connectivity index (χ4n) is 3.76. The van der Waals surface area contributed by atoms with Gasteiger partial charge in [-0.2, -0.15) is 0 Å². The maximum Gasteiger partial charge on any atom is 0.336 e. The van der Waals surface area contributed by atoms with Crippen molar-refractivity contribution in [1.82, 2.24) is 9.13 Å². The van der Waals surface area contributed by atoms with Crippen LogP contribution in [0.25, 0.3) is 16.6 Å². The summed E-state index contributed by atoms with van der Waals surface area (Å²) in [5, 5.41) is 9.88. The van der Waals surface area contributed by atoms with E-state index in [0.29, 0.717) is 35.1 Å². The van der Waals surface area contributed by atoms with E-state index in [1.54, 1.807) is 77.4 Å². The SMILES string of the molecule is CS(=O)(=O)Cc1cccc(-n2c(=O)c3ccccc3n(CCc3ccc(O)cc3)c2=O)c1. The molecule has 0 spiro atoms. The Balaban J connectivity index is 1.85. The van der Waals surface area contributed by atoms with Crippen LogP contribution in [0.3, 0.4) is 0 Å². The molecule has 3 aromatic carbocycles. The van der Waals surface area contributed by atoms with Gasteiger partial charge in [0.1, 0.15) is 5.75 Å². The number of hydrogen-bond acceptors (Lipinski definition) is 5. The van der Waals surface area contributed by atoms with Crippen molar-refractivity contribution in [1.29, 1.82) is 0 Å². The number of aromatic nitrogens is 2. The number of sulfone groups is 1. The van der Waals surface area contributed by atoms with Crippen LogP contribution in [0.5, 0.6) is 5.75 Å².